The van der Waals surface area contributed by atoms with Crippen molar-refractivity contribution in [3.63, 3.8) is 0 Å². The number of carbonyl (C=O) groups is 1. The summed E-state index contributed by atoms with van der Waals surface area (Å²) in [6, 6.07) is 13.4. The lowest BCUT2D eigenvalue weighted by molar-refractivity contribution is -0.121. The number of aryl methyl sites for hydroxylation is 3. The second-order valence-corrected chi connectivity index (χ2v) is 6.68. The quantitative estimate of drug-likeness (QED) is 0.742. The van der Waals surface area contributed by atoms with Gasteiger partial charge in [0.15, 0.2) is 0 Å². The van der Waals surface area contributed by atoms with Gasteiger partial charge in [-0.05, 0) is 44.0 Å². The number of rotatable bonds is 5. The third-order valence-electron chi connectivity index (χ3n) is 4.53. The van der Waals surface area contributed by atoms with E-state index in [1.807, 2.05) is 26.8 Å². The topological polar surface area (TPSA) is 74.8 Å². The molecule has 26 heavy (non-hydrogen) atoms. The van der Waals surface area contributed by atoms with Crippen molar-refractivity contribution in [3.05, 3.63) is 75.3 Å². The normalized spacial score (nSPS) is 12.1. The Morgan fingerprint density at radius 1 is 1.19 bits per heavy atom. The Kier molecular flexibility index (Phi) is 5.16. The molecule has 0 aliphatic rings. The minimum atomic E-state index is -0.172. The van der Waals surface area contributed by atoms with Crippen LogP contribution in [0.2, 0.25) is 0 Å². The minimum Gasteiger partial charge on any atom is -0.350 e. The molecule has 3 rings (SSSR count). The van der Waals surface area contributed by atoms with E-state index in [2.05, 4.69) is 33.5 Å². The van der Waals surface area contributed by atoms with E-state index in [-0.39, 0.29) is 23.9 Å². The average Bonchev–Trinajstić information content (AvgIpc) is 2.62. The van der Waals surface area contributed by atoms with Crippen LogP contribution in [0, 0.1) is 13.8 Å². The van der Waals surface area contributed by atoms with Gasteiger partial charge in [-0.3, -0.25) is 9.59 Å². The summed E-state index contributed by atoms with van der Waals surface area (Å²) >= 11 is 0. The van der Waals surface area contributed by atoms with Crippen molar-refractivity contribution in [1.82, 2.24) is 15.3 Å². The molecule has 5 nitrogen and oxygen atoms in total. The zero-order valence-corrected chi connectivity index (χ0v) is 15.3. The van der Waals surface area contributed by atoms with Crippen LogP contribution in [-0.2, 0) is 11.2 Å². The summed E-state index contributed by atoms with van der Waals surface area (Å²) in [6.45, 7) is 6.07. The summed E-state index contributed by atoms with van der Waals surface area (Å²) in [5, 5.41) is 3.59. The highest BCUT2D eigenvalue weighted by Gasteiger charge is 2.13. The molecular weight excluding hydrogens is 326 g/mol. The molecule has 0 radical (unpaired) electrons. The van der Waals surface area contributed by atoms with Gasteiger partial charge in [-0.2, -0.15) is 0 Å². The number of nitrogens with one attached hydrogen (secondary N) is 2. The number of H-pyrrole nitrogens is 1. The number of aromatic amines is 1. The summed E-state index contributed by atoms with van der Waals surface area (Å²) in [7, 11) is 0. The van der Waals surface area contributed by atoms with E-state index in [9.17, 15) is 9.59 Å². The van der Waals surface area contributed by atoms with E-state index in [4.69, 9.17) is 0 Å². The molecule has 0 unspecified atom stereocenters. The first-order valence-corrected chi connectivity index (χ1v) is 8.78. The van der Waals surface area contributed by atoms with Crippen LogP contribution in [0.25, 0.3) is 10.9 Å². The van der Waals surface area contributed by atoms with Gasteiger partial charge in [0.25, 0.3) is 5.56 Å². The Labute approximate surface area is 152 Å². The Hall–Kier alpha value is -2.95. The Morgan fingerprint density at radius 3 is 2.77 bits per heavy atom. The van der Waals surface area contributed by atoms with E-state index in [1.54, 1.807) is 18.2 Å². The summed E-state index contributed by atoms with van der Waals surface area (Å²) in [5.74, 6) is 0.470. The Bertz CT molecular complexity index is 1010. The van der Waals surface area contributed by atoms with E-state index in [0.717, 1.165) is 11.1 Å². The first kappa shape index (κ1) is 17.9. The van der Waals surface area contributed by atoms with Gasteiger partial charge in [-0.25, -0.2) is 4.98 Å². The number of nitrogens with zero attached hydrogens (tertiary/aromatic N) is 1. The SMILES string of the molecule is Cc1ccc(C)c([C@H](C)NC(=O)CCc2nc3ccccc3c(=O)[nH]2)c1. The third kappa shape index (κ3) is 3.99. The Morgan fingerprint density at radius 2 is 1.96 bits per heavy atom. The van der Waals surface area contributed by atoms with Gasteiger partial charge in [0, 0.05) is 12.8 Å². The van der Waals surface area contributed by atoms with Gasteiger partial charge in [-0.15, -0.1) is 0 Å². The summed E-state index contributed by atoms with van der Waals surface area (Å²) < 4.78 is 0. The van der Waals surface area contributed by atoms with Gasteiger partial charge in [0.1, 0.15) is 5.82 Å². The maximum Gasteiger partial charge on any atom is 0.258 e. The molecule has 0 aliphatic heterocycles. The number of benzene rings is 2. The number of hydrogen-bond acceptors (Lipinski definition) is 3. The molecule has 0 spiro atoms. The van der Waals surface area contributed by atoms with E-state index in [0.29, 0.717) is 23.1 Å². The van der Waals surface area contributed by atoms with Crippen LogP contribution in [0.15, 0.2) is 47.3 Å². The van der Waals surface area contributed by atoms with Gasteiger partial charge in [0.2, 0.25) is 5.91 Å². The van der Waals surface area contributed by atoms with Crippen LogP contribution in [-0.4, -0.2) is 15.9 Å². The molecule has 1 aromatic heterocycles. The van der Waals surface area contributed by atoms with Gasteiger partial charge >= 0.3 is 0 Å². The Balaban J connectivity index is 1.65. The van der Waals surface area contributed by atoms with Crippen LogP contribution in [0.4, 0.5) is 0 Å². The fraction of sp³-hybridized carbons (Fsp3) is 0.286. The largest absolute Gasteiger partial charge is 0.350 e. The van der Waals surface area contributed by atoms with E-state index < -0.39 is 0 Å². The monoisotopic (exact) mass is 349 g/mol. The minimum absolute atomic E-state index is 0.0609. The molecular formula is C21H23N3O2. The lowest BCUT2D eigenvalue weighted by atomic mass is 10.00. The maximum atomic E-state index is 12.3. The average molecular weight is 349 g/mol. The molecule has 5 heteroatoms. The zero-order valence-electron chi connectivity index (χ0n) is 15.3. The first-order valence-electron chi connectivity index (χ1n) is 8.78. The number of hydrogen-bond donors (Lipinski definition) is 2. The third-order valence-corrected chi connectivity index (χ3v) is 4.53. The van der Waals surface area contributed by atoms with E-state index >= 15 is 0 Å². The standard InChI is InChI=1S/C21H23N3O2/c1-13-8-9-14(2)17(12-13)15(3)22-20(25)11-10-19-23-18-7-5-4-6-16(18)21(26)24-19/h4-9,12,15H,10-11H2,1-3H3,(H,22,25)(H,23,24,26)/t15-/m0/s1. The van der Waals surface area contributed by atoms with Crippen molar-refractivity contribution in [2.75, 3.05) is 0 Å². The number of aromatic nitrogens is 2. The zero-order chi connectivity index (χ0) is 18.7. The second-order valence-electron chi connectivity index (χ2n) is 6.68. The van der Waals surface area contributed by atoms with E-state index in [1.165, 1.54) is 5.56 Å². The summed E-state index contributed by atoms with van der Waals surface area (Å²) in [4.78, 5) is 31.6. The lowest BCUT2D eigenvalue weighted by Gasteiger charge is -2.17. The van der Waals surface area contributed by atoms with Crippen molar-refractivity contribution < 1.29 is 4.79 Å². The maximum absolute atomic E-state index is 12.3. The van der Waals surface area contributed by atoms with Gasteiger partial charge < -0.3 is 10.3 Å². The molecule has 134 valence electrons. The summed E-state index contributed by atoms with van der Waals surface area (Å²) in [6.07, 6.45) is 0.669. The van der Waals surface area contributed by atoms with Crippen LogP contribution in [0.5, 0.6) is 0 Å². The van der Waals surface area contributed by atoms with Crippen LogP contribution in [0.1, 0.15) is 41.9 Å². The highest BCUT2D eigenvalue weighted by molar-refractivity contribution is 5.78. The molecule has 0 aliphatic carbocycles. The van der Waals surface area contributed by atoms with Crippen molar-refractivity contribution in [1.29, 1.82) is 0 Å². The van der Waals surface area contributed by atoms with Crippen LogP contribution < -0.4 is 10.9 Å². The molecule has 0 saturated heterocycles. The number of amides is 1. The fourth-order valence-corrected chi connectivity index (χ4v) is 3.10. The van der Waals surface area contributed by atoms with Gasteiger partial charge in [-0.1, -0.05) is 35.9 Å². The molecule has 2 aromatic carbocycles. The fourth-order valence-electron chi connectivity index (χ4n) is 3.10. The second kappa shape index (κ2) is 7.52. The van der Waals surface area contributed by atoms with Crippen LogP contribution >= 0.6 is 0 Å². The van der Waals surface area contributed by atoms with Crippen molar-refractivity contribution in [3.8, 4) is 0 Å². The van der Waals surface area contributed by atoms with Gasteiger partial charge in [0.05, 0.1) is 16.9 Å². The predicted molar refractivity (Wildman–Crippen MR) is 103 cm³/mol. The number of para-hydroxylation sites is 1. The van der Waals surface area contributed by atoms with Crippen molar-refractivity contribution >= 4 is 16.8 Å². The molecule has 0 saturated carbocycles. The first-order chi connectivity index (χ1) is 12.4. The highest BCUT2D eigenvalue weighted by Crippen LogP contribution is 2.19. The molecule has 1 heterocycles. The summed E-state index contributed by atoms with van der Waals surface area (Å²) in [5.41, 5.74) is 3.93. The molecule has 0 fully saturated rings. The predicted octanol–water partition coefficient (Wildman–Crippen LogP) is 3.35. The van der Waals surface area contributed by atoms with Crippen LogP contribution in [0.3, 0.4) is 0 Å². The molecule has 2 N–H and O–H groups in total. The van der Waals surface area contributed by atoms with Crippen molar-refractivity contribution in [2.45, 2.75) is 39.7 Å². The van der Waals surface area contributed by atoms with Crippen molar-refractivity contribution in [2.24, 2.45) is 0 Å². The highest BCUT2D eigenvalue weighted by atomic mass is 16.1. The molecule has 0 bridgehead atoms. The lowest BCUT2D eigenvalue weighted by Crippen LogP contribution is -2.27. The molecule has 1 atom stereocenters. The molecule has 1 amide bonds. The smallest absolute Gasteiger partial charge is 0.258 e. The molecule has 3 aromatic rings. The number of fused-ring (bicyclic) bond motifs is 1. The number of carbonyl (C=O) groups excluding carboxylic acids is 1.